The van der Waals surface area contributed by atoms with Crippen LogP contribution in [0, 0.1) is 6.92 Å². The summed E-state index contributed by atoms with van der Waals surface area (Å²) in [5.74, 6) is 2.66. The second-order valence-electron chi connectivity index (χ2n) is 4.39. The SMILES string of the molecule is CCCc1nc(NC)c(C)c(NCC(C)OC)n1. The fourth-order valence-electron chi connectivity index (χ4n) is 1.64. The van der Waals surface area contributed by atoms with Crippen molar-refractivity contribution in [1.29, 1.82) is 0 Å². The van der Waals surface area contributed by atoms with E-state index in [9.17, 15) is 0 Å². The van der Waals surface area contributed by atoms with Gasteiger partial charge in [-0.1, -0.05) is 6.92 Å². The lowest BCUT2D eigenvalue weighted by atomic mass is 10.2. The Hall–Kier alpha value is -1.36. The van der Waals surface area contributed by atoms with Crippen LogP contribution in [0.1, 0.15) is 31.7 Å². The molecule has 102 valence electrons. The number of hydrogen-bond acceptors (Lipinski definition) is 5. The van der Waals surface area contributed by atoms with E-state index in [2.05, 4.69) is 27.5 Å². The van der Waals surface area contributed by atoms with Crippen molar-refractivity contribution in [1.82, 2.24) is 9.97 Å². The first kappa shape index (κ1) is 14.7. The second-order valence-corrected chi connectivity index (χ2v) is 4.39. The lowest BCUT2D eigenvalue weighted by Crippen LogP contribution is -2.20. The van der Waals surface area contributed by atoms with Gasteiger partial charge in [-0.05, 0) is 20.3 Å². The van der Waals surface area contributed by atoms with Gasteiger partial charge in [0.2, 0.25) is 0 Å². The number of nitrogens with one attached hydrogen (secondary N) is 2. The molecule has 1 atom stereocenters. The maximum Gasteiger partial charge on any atom is 0.134 e. The van der Waals surface area contributed by atoms with Gasteiger partial charge in [0.15, 0.2) is 0 Å². The first-order valence-electron chi connectivity index (χ1n) is 6.44. The van der Waals surface area contributed by atoms with Gasteiger partial charge in [-0.2, -0.15) is 0 Å². The minimum Gasteiger partial charge on any atom is -0.380 e. The highest BCUT2D eigenvalue weighted by atomic mass is 16.5. The lowest BCUT2D eigenvalue weighted by Gasteiger charge is -2.15. The quantitative estimate of drug-likeness (QED) is 0.779. The van der Waals surface area contributed by atoms with Gasteiger partial charge < -0.3 is 15.4 Å². The number of anilines is 2. The molecule has 1 rings (SSSR count). The van der Waals surface area contributed by atoms with E-state index in [0.717, 1.165) is 42.4 Å². The smallest absolute Gasteiger partial charge is 0.134 e. The summed E-state index contributed by atoms with van der Waals surface area (Å²) < 4.78 is 5.22. The summed E-state index contributed by atoms with van der Waals surface area (Å²) in [5, 5.41) is 6.43. The predicted molar refractivity (Wildman–Crippen MR) is 75.3 cm³/mol. The van der Waals surface area contributed by atoms with Crippen LogP contribution in [0.5, 0.6) is 0 Å². The largest absolute Gasteiger partial charge is 0.380 e. The van der Waals surface area contributed by atoms with Crippen molar-refractivity contribution >= 4 is 11.6 Å². The maximum atomic E-state index is 5.22. The van der Waals surface area contributed by atoms with Crippen molar-refractivity contribution < 1.29 is 4.74 Å². The Kier molecular flexibility index (Phi) is 5.85. The standard InChI is InChI=1S/C13H24N4O/c1-6-7-11-16-12(14-4)10(3)13(17-11)15-8-9(2)18-5/h9H,6-8H2,1-5H3,(H2,14,15,16,17). The number of hydrogen-bond donors (Lipinski definition) is 2. The van der Waals surface area contributed by atoms with Gasteiger partial charge in [0, 0.05) is 32.7 Å². The van der Waals surface area contributed by atoms with E-state index >= 15 is 0 Å². The summed E-state index contributed by atoms with van der Waals surface area (Å²) in [6.07, 6.45) is 2.09. The highest BCUT2D eigenvalue weighted by molar-refractivity contribution is 5.57. The molecule has 5 nitrogen and oxygen atoms in total. The molecule has 5 heteroatoms. The van der Waals surface area contributed by atoms with E-state index in [4.69, 9.17) is 4.74 Å². The Labute approximate surface area is 109 Å². The molecule has 1 aromatic rings. The lowest BCUT2D eigenvalue weighted by molar-refractivity contribution is 0.128. The van der Waals surface area contributed by atoms with Crippen LogP contribution in [0.2, 0.25) is 0 Å². The fraction of sp³-hybridized carbons (Fsp3) is 0.692. The van der Waals surface area contributed by atoms with E-state index in [-0.39, 0.29) is 6.10 Å². The molecule has 0 saturated heterocycles. The maximum absolute atomic E-state index is 5.22. The Morgan fingerprint density at radius 1 is 1.28 bits per heavy atom. The minimum absolute atomic E-state index is 0.159. The molecule has 1 heterocycles. The normalized spacial score (nSPS) is 12.3. The van der Waals surface area contributed by atoms with Crippen molar-refractivity contribution in [2.75, 3.05) is 31.3 Å². The van der Waals surface area contributed by atoms with E-state index in [1.54, 1.807) is 7.11 Å². The first-order valence-corrected chi connectivity index (χ1v) is 6.44. The summed E-state index contributed by atoms with van der Waals surface area (Å²) in [5.41, 5.74) is 1.04. The van der Waals surface area contributed by atoms with Gasteiger partial charge >= 0.3 is 0 Å². The van der Waals surface area contributed by atoms with Gasteiger partial charge in [-0.15, -0.1) is 0 Å². The molecule has 0 aromatic carbocycles. The van der Waals surface area contributed by atoms with E-state index in [1.807, 2.05) is 20.9 Å². The predicted octanol–water partition coefficient (Wildman–Crippen LogP) is 2.23. The van der Waals surface area contributed by atoms with Gasteiger partial charge in [0.05, 0.1) is 6.10 Å². The molecule has 0 aliphatic rings. The Balaban J connectivity index is 2.90. The molecule has 1 unspecified atom stereocenters. The molecule has 0 radical (unpaired) electrons. The minimum atomic E-state index is 0.159. The summed E-state index contributed by atoms with van der Waals surface area (Å²) in [6, 6.07) is 0. The average Bonchev–Trinajstić information content (AvgIpc) is 2.38. The van der Waals surface area contributed by atoms with Crippen molar-refractivity contribution in [3.8, 4) is 0 Å². The van der Waals surface area contributed by atoms with Crippen molar-refractivity contribution in [3.05, 3.63) is 11.4 Å². The van der Waals surface area contributed by atoms with E-state index in [1.165, 1.54) is 0 Å². The van der Waals surface area contributed by atoms with Crippen LogP contribution in [0.3, 0.4) is 0 Å². The van der Waals surface area contributed by atoms with Crippen LogP contribution in [0.4, 0.5) is 11.6 Å². The molecule has 0 aliphatic heterocycles. The van der Waals surface area contributed by atoms with E-state index in [0.29, 0.717) is 0 Å². The van der Waals surface area contributed by atoms with Crippen molar-refractivity contribution in [2.45, 2.75) is 39.7 Å². The molecule has 0 bridgehead atoms. The monoisotopic (exact) mass is 252 g/mol. The molecule has 0 aliphatic carbocycles. The van der Waals surface area contributed by atoms with Crippen LogP contribution in [-0.4, -0.2) is 36.8 Å². The number of aromatic nitrogens is 2. The van der Waals surface area contributed by atoms with Crippen LogP contribution < -0.4 is 10.6 Å². The number of aryl methyl sites for hydroxylation is 1. The molecular formula is C13H24N4O. The van der Waals surface area contributed by atoms with Crippen LogP contribution in [-0.2, 0) is 11.2 Å². The Bertz CT molecular complexity index is 381. The topological polar surface area (TPSA) is 59.1 Å². The number of nitrogens with zero attached hydrogens (tertiary/aromatic N) is 2. The van der Waals surface area contributed by atoms with Crippen molar-refractivity contribution in [2.24, 2.45) is 0 Å². The Morgan fingerprint density at radius 3 is 2.50 bits per heavy atom. The van der Waals surface area contributed by atoms with Gasteiger partial charge in [-0.3, -0.25) is 0 Å². The molecule has 1 aromatic heterocycles. The molecule has 2 N–H and O–H groups in total. The summed E-state index contributed by atoms with van der Waals surface area (Å²) in [4.78, 5) is 9.05. The number of rotatable bonds is 7. The third-order valence-electron chi connectivity index (χ3n) is 2.86. The highest BCUT2D eigenvalue weighted by Gasteiger charge is 2.10. The molecular weight excluding hydrogens is 228 g/mol. The average molecular weight is 252 g/mol. The van der Waals surface area contributed by atoms with Crippen molar-refractivity contribution in [3.63, 3.8) is 0 Å². The van der Waals surface area contributed by atoms with Gasteiger partial charge in [0.1, 0.15) is 17.5 Å². The molecule has 0 saturated carbocycles. The summed E-state index contributed by atoms with van der Waals surface area (Å²) in [7, 11) is 3.59. The third-order valence-corrected chi connectivity index (χ3v) is 2.86. The second kappa shape index (κ2) is 7.16. The summed E-state index contributed by atoms with van der Waals surface area (Å²) in [6.45, 7) is 6.91. The van der Waals surface area contributed by atoms with Crippen LogP contribution in [0.25, 0.3) is 0 Å². The fourth-order valence-corrected chi connectivity index (χ4v) is 1.64. The zero-order valence-electron chi connectivity index (χ0n) is 12.0. The number of ether oxygens (including phenoxy) is 1. The van der Waals surface area contributed by atoms with E-state index < -0.39 is 0 Å². The molecule has 18 heavy (non-hydrogen) atoms. The third kappa shape index (κ3) is 3.84. The zero-order valence-corrected chi connectivity index (χ0v) is 12.0. The molecule has 0 spiro atoms. The highest BCUT2D eigenvalue weighted by Crippen LogP contribution is 2.20. The number of methoxy groups -OCH3 is 1. The summed E-state index contributed by atoms with van der Waals surface area (Å²) >= 11 is 0. The Morgan fingerprint density at radius 2 is 1.94 bits per heavy atom. The van der Waals surface area contributed by atoms with Gasteiger partial charge in [0.25, 0.3) is 0 Å². The first-order chi connectivity index (χ1) is 8.62. The molecule has 0 amide bonds. The zero-order chi connectivity index (χ0) is 13.5. The van der Waals surface area contributed by atoms with Crippen LogP contribution >= 0.6 is 0 Å². The molecule has 0 fully saturated rings. The van der Waals surface area contributed by atoms with Crippen LogP contribution in [0.15, 0.2) is 0 Å². The van der Waals surface area contributed by atoms with Gasteiger partial charge in [-0.25, -0.2) is 9.97 Å².